The van der Waals surface area contributed by atoms with E-state index in [1.54, 1.807) is 11.8 Å². The second kappa shape index (κ2) is 8.54. The second-order valence-corrected chi connectivity index (χ2v) is 7.51. The van der Waals surface area contributed by atoms with Gasteiger partial charge < -0.3 is 10.2 Å². The van der Waals surface area contributed by atoms with E-state index in [2.05, 4.69) is 41.4 Å². The lowest BCUT2D eigenvalue weighted by Crippen LogP contribution is -2.33. The first-order valence-electron chi connectivity index (χ1n) is 8.87. The number of nitrogens with one attached hydrogen (secondary N) is 1. The number of thioether (sulfide) groups is 1. The fraction of sp³-hybridized carbons (Fsp3) is 0.381. The lowest BCUT2D eigenvalue weighted by atomic mass is 9.94. The first kappa shape index (κ1) is 18.0. The third-order valence-corrected chi connectivity index (χ3v) is 5.71. The molecule has 0 aliphatic carbocycles. The average Bonchev–Trinajstić information content (AvgIpc) is 3.10. The zero-order chi connectivity index (χ0) is 17.6. The van der Waals surface area contributed by atoms with Crippen molar-refractivity contribution in [2.24, 2.45) is 0 Å². The average molecular weight is 355 g/mol. The Morgan fingerprint density at radius 1 is 1.20 bits per heavy atom. The van der Waals surface area contributed by atoms with Crippen LogP contribution in [0.15, 0.2) is 53.4 Å². The minimum absolute atomic E-state index is 0.0160. The number of hydrogen-bond donors (Lipinski definition) is 1. The number of carbonyl (C=O) groups excluding carboxylic acids is 1. The Kier molecular flexibility index (Phi) is 6.16. The molecule has 2 aromatic carbocycles. The van der Waals surface area contributed by atoms with E-state index < -0.39 is 0 Å². The summed E-state index contributed by atoms with van der Waals surface area (Å²) < 4.78 is 0. The van der Waals surface area contributed by atoms with Gasteiger partial charge >= 0.3 is 0 Å². The Hall–Kier alpha value is -1.78. The molecule has 1 fully saturated rings. The summed E-state index contributed by atoms with van der Waals surface area (Å²) in [7, 11) is 0. The molecule has 1 heterocycles. The van der Waals surface area contributed by atoms with Crippen LogP contribution in [0.1, 0.15) is 33.8 Å². The number of nitrogens with zero attached hydrogens (tertiary/aromatic N) is 1. The van der Waals surface area contributed by atoms with Gasteiger partial charge in [0.1, 0.15) is 0 Å². The number of amides is 1. The highest BCUT2D eigenvalue weighted by Gasteiger charge is 2.24. The maximum atomic E-state index is 12.2. The second-order valence-electron chi connectivity index (χ2n) is 6.63. The molecule has 1 amide bonds. The zero-order valence-corrected chi connectivity index (χ0v) is 15.8. The summed E-state index contributed by atoms with van der Waals surface area (Å²) >= 11 is 1.68. The molecule has 2 aromatic rings. The van der Waals surface area contributed by atoms with Gasteiger partial charge in [0.05, 0.1) is 0 Å². The van der Waals surface area contributed by atoms with Gasteiger partial charge in [0, 0.05) is 30.1 Å². The maximum Gasteiger partial charge on any atom is 0.251 e. The van der Waals surface area contributed by atoms with E-state index >= 15 is 0 Å². The van der Waals surface area contributed by atoms with Crippen LogP contribution in [-0.4, -0.2) is 43.2 Å². The fourth-order valence-electron chi connectivity index (χ4n) is 3.51. The van der Waals surface area contributed by atoms with Gasteiger partial charge in [0.25, 0.3) is 5.91 Å². The SMILES string of the molecule is CSc1ccc(C(=O)NCCN2CC[C@H](c3ccccc3C)C2)cc1. The van der Waals surface area contributed by atoms with Crippen LogP contribution in [0.4, 0.5) is 0 Å². The summed E-state index contributed by atoms with van der Waals surface area (Å²) in [5, 5.41) is 3.04. The van der Waals surface area contributed by atoms with Gasteiger partial charge in [-0.25, -0.2) is 0 Å². The first-order chi connectivity index (χ1) is 12.2. The van der Waals surface area contributed by atoms with E-state index in [-0.39, 0.29) is 5.91 Å². The highest BCUT2D eigenvalue weighted by atomic mass is 32.2. The zero-order valence-electron chi connectivity index (χ0n) is 15.0. The topological polar surface area (TPSA) is 32.3 Å². The van der Waals surface area contributed by atoms with E-state index in [1.165, 1.54) is 22.4 Å². The van der Waals surface area contributed by atoms with Gasteiger partial charge in [-0.3, -0.25) is 4.79 Å². The van der Waals surface area contributed by atoms with Crippen LogP contribution < -0.4 is 5.32 Å². The predicted octanol–water partition coefficient (Wildman–Crippen LogP) is 3.94. The minimum atomic E-state index is 0.0160. The van der Waals surface area contributed by atoms with Crippen molar-refractivity contribution in [2.75, 3.05) is 32.4 Å². The Morgan fingerprint density at radius 3 is 2.68 bits per heavy atom. The molecule has 1 atom stereocenters. The third-order valence-electron chi connectivity index (χ3n) is 4.97. The number of hydrogen-bond acceptors (Lipinski definition) is 3. The normalized spacial score (nSPS) is 17.6. The third kappa shape index (κ3) is 4.65. The van der Waals surface area contributed by atoms with Crippen LogP contribution in [0.3, 0.4) is 0 Å². The Bertz CT molecular complexity index is 714. The van der Waals surface area contributed by atoms with Crippen molar-refractivity contribution >= 4 is 17.7 Å². The van der Waals surface area contributed by atoms with Crippen LogP contribution in [0.25, 0.3) is 0 Å². The monoisotopic (exact) mass is 354 g/mol. The van der Waals surface area contributed by atoms with Crippen LogP contribution in [0.5, 0.6) is 0 Å². The van der Waals surface area contributed by atoms with Gasteiger partial charge in [-0.05, 0) is 67.5 Å². The lowest BCUT2D eigenvalue weighted by molar-refractivity contribution is 0.0949. The summed E-state index contributed by atoms with van der Waals surface area (Å²) in [5.74, 6) is 0.637. The summed E-state index contributed by atoms with van der Waals surface area (Å²) in [5.41, 5.74) is 3.59. The molecule has 4 heteroatoms. The van der Waals surface area contributed by atoms with E-state index in [4.69, 9.17) is 0 Å². The van der Waals surface area contributed by atoms with Crippen LogP contribution >= 0.6 is 11.8 Å². The molecule has 1 saturated heterocycles. The van der Waals surface area contributed by atoms with Crippen molar-refractivity contribution in [1.29, 1.82) is 0 Å². The van der Waals surface area contributed by atoms with Gasteiger partial charge in [-0.1, -0.05) is 24.3 Å². The minimum Gasteiger partial charge on any atom is -0.351 e. The van der Waals surface area contributed by atoms with Crippen molar-refractivity contribution < 1.29 is 4.79 Å². The molecular weight excluding hydrogens is 328 g/mol. The molecule has 1 aliphatic rings. The molecule has 0 unspecified atom stereocenters. The smallest absolute Gasteiger partial charge is 0.251 e. The van der Waals surface area contributed by atoms with E-state index in [9.17, 15) is 4.79 Å². The Balaban J connectivity index is 1.45. The lowest BCUT2D eigenvalue weighted by Gasteiger charge is -2.17. The van der Waals surface area contributed by atoms with Gasteiger partial charge in [-0.15, -0.1) is 11.8 Å². The van der Waals surface area contributed by atoms with Crippen LogP contribution in [-0.2, 0) is 0 Å². The van der Waals surface area contributed by atoms with E-state index in [1.807, 2.05) is 30.5 Å². The van der Waals surface area contributed by atoms with Crippen molar-refractivity contribution in [3.05, 3.63) is 65.2 Å². The molecule has 3 nitrogen and oxygen atoms in total. The summed E-state index contributed by atoms with van der Waals surface area (Å²) in [6.45, 7) is 6.00. The first-order valence-corrected chi connectivity index (χ1v) is 10.1. The molecule has 0 bridgehead atoms. The molecule has 0 saturated carbocycles. The van der Waals surface area contributed by atoms with E-state index in [0.717, 1.165) is 25.2 Å². The van der Waals surface area contributed by atoms with Gasteiger partial charge in [-0.2, -0.15) is 0 Å². The largest absolute Gasteiger partial charge is 0.351 e. The van der Waals surface area contributed by atoms with E-state index in [0.29, 0.717) is 12.5 Å². The number of aryl methyl sites for hydroxylation is 1. The maximum absolute atomic E-state index is 12.2. The number of rotatable bonds is 6. The molecule has 132 valence electrons. The number of benzene rings is 2. The molecular formula is C21H26N2OS. The molecule has 0 spiro atoms. The molecule has 3 rings (SSSR count). The molecule has 1 aliphatic heterocycles. The number of likely N-dealkylation sites (tertiary alicyclic amines) is 1. The van der Waals surface area contributed by atoms with Crippen molar-refractivity contribution in [3.8, 4) is 0 Å². The highest BCUT2D eigenvalue weighted by Crippen LogP contribution is 2.28. The molecule has 1 N–H and O–H groups in total. The van der Waals surface area contributed by atoms with Crippen LogP contribution in [0.2, 0.25) is 0 Å². The Morgan fingerprint density at radius 2 is 1.96 bits per heavy atom. The van der Waals surface area contributed by atoms with Crippen molar-refractivity contribution in [2.45, 2.75) is 24.2 Å². The Labute approximate surface area is 154 Å². The molecule has 25 heavy (non-hydrogen) atoms. The van der Waals surface area contributed by atoms with Crippen molar-refractivity contribution in [3.63, 3.8) is 0 Å². The highest BCUT2D eigenvalue weighted by molar-refractivity contribution is 7.98. The quantitative estimate of drug-likeness (QED) is 0.798. The van der Waals surface area contributed by atoms with Crippen LogP contribution in [0, 0.1) is 6.92 Å². The summed E-state index contributed by atoms with van der Waals surface area (Å²) in [6, 6.07) is 16.5. The molecule has 0 radical (unpaired) electrons. The summed E-state index contributed by atoms with van der Waals surface area (Å²) in [6.07, 6.45) is 3.24. The van der Waals surface area contributed by atoms with Gasteiger partial charge in [0.15, 0.2) is 0 Å². The molecule has 0 aromatic heterocycles. The van der Waals surface area contributed by atoms with Crippen molar-refractivity contribution in [1.82, 2.24) is 10.2 Å². The number of carbonyl (C=O) groups is 1. The van der Waals surface area contributed by atoms with Gasteiger partial charge in [0.2, 0.25) is 0 Å². The standard InChI is InChI=1S/C21H26N2OS/c1-16-5-3-4-6-20(16)18-11-13-23(15-18)14-12-22-21(24)17-7-9-19(25-2)10-8-17/h3-10,18H,11-15H2,1-2H3,(H,22,24)/t18-/m0/s1. The summed E-state index contributed by atoms with van der Waals surface area (Å²) in [4.78, 5) is 15.8. The fourth-order valence-corrected chi connectivity index (χ4v) is 3.91. The predicted molar refractivity (Wildman–Crippen MR) is 106 cm³/mol.